The summed E-state index contributed by atoms with van der Waals surface area (Å²) in [4.78, 5) is 9.20. The summed E-state index contributed by atoms with van der Waals surface area (Å²) in [5.41, 5.74) is 1.31. The normalized spacial score (nSPS) is 23.0. The van der Waals surface area contributed by atoms with Crippen LogP contribution in [0.1, 0.15) is 12.8 Å². The number of rotatable bonds is 3. The fraction of sp³-hybridized carbons (Fsp3) is 0.588. The number of hydrogen-bond donors (Lipinski definition) is 1. The number of hydrogen-bond acceptors (Lipinski definition) is 3. The van der Waals surface area contributed by atoms with Crippen molar-refractivity contribution in [1.29, 1.82) is 0 Å². The quantitative estimate of drug-likeness (QED) is 0.679. The molecule has 0 bridgehead atoms. The molecule has 2 fully saturated rings. The number of para-hydroxylation sites is 1. The van der Waals surface area contributed by atoms with Gasteiger partial charge < -0.3 is 19.9 Å². The van der Waals surface area contributed by atoms with Gasteiger partial charge >= 0.3 is 0 Å². The first-order chi connectivity index (χ1) is 10.9. The van der Waals surface area contributed by atoms with Gasteiger partial charge in [-0.25, -0.2) is 0 Å². The monoisotopic (exact) mass is 302 g/mol. The van der Waals surface area contributed by atoms with Crippen LogP contribution >= 0.6 is 0 Å². The molecule has 120 valence electrons. The Morgan fingerprint density at radius 1 is 1.23 bits per heavy atom. The van der Waals surface area contributed by atoms with Crippen molar-refractivity contribution in [1.82, 2.24) is 10.2 Å². The second-order valence-corrected chi connectivity index (χ2v) is 5.87. The SMILES string of the molecule is CN=C(NCC1CCCO1)N1CCN(c2ccccc2)CC1. The van der Waals surface area contributed by atoms with Crippen LogP contribution in [0, 0.1) is 0 Å². The molecule has 1 N–H and O–H groups in total. The Kier molecular flexibility index (Phi) is 5.16. The lowest BCUT2D eigenvalue weighted by atomic mass is 10.2. The maximum atomic E-state index is 5.67. The molecule has 0 amide bonds. The van der Waals surface area contributed by atoms with Gasteiger partial charge in [0.15, 0.2) is 5.96 Å². The maximum absolute atomic E-state index is 5.67. The first-order valence-corrected chi connectivity index (χ1v) is 8.24. The molecule has 1 aromatic rings. The van der Waals surface area contributed by atoms with E-state index in [9.17, 15) is 0 Å². The number of nitrogens with one attached hydrogen (secondary N) is 1. The smallest absolute Gasteiger partial charge is 0.193 e. The topological polar surface area (TPSA) is 40.1 Å². The molecule has 1 unspecified atom stereocenters. The third-order valence-corrected chi connectivity index (χ3v) is 4.42. The van der Waals surface area contributed by atoms with Gasteiger partial charge in [0.2, 0.25) is 0 Å². The number of benzene rings is 1. The van der Waals surface area contributed by atoms with Crippen molar-refractivity contribution in [2.45, 2.75) is 18.9 Å². The molecule has 5 nitrogen and oxygen atoms in total. The van der Waals surface area contributed by atoms with Gasteiger partial charge in [0, 0.05) is 52.1 Å². The zero-order chi connectivity index (χ0) is 15.2. The van der Waals surface area contributed by atoms with Crippen LogP contribution in [0.2, 0.25) is 0 Å². The van der Waals surface area contributed by atoms with Crippen molar-refractivity contribution in [2.24, 2.45) is 4.99 Å². The van der Waals surface area contributed by atoms with Gasteiger partial charge in [0.1, 0.15) is 0 Å². The molecule has 2 heterocycles. The number of nitrogens with zero attached hydrogens (tertiary/aromatic N) is 3. The Balaban J connectivity index is 1.48. The molecule has 1 atom stereocenters. The Hall–Kier alpha value is -1.75. The van der Waals surface area contributed by atoms with Gasteiger partial charge in [-0.2, -0.15) is 0 Å². The van der Waals surface area contributed by atoms with E-state index in [1.54, 1.807) is 0 Å². The molecule has 22 heavy (non-hydrogen) atoms. The summed E-state index contributed by atoms with van der Waals surface area (Å²) in [6, 6.07) is 10.6. The van der Waals surface area contributed by atoms with Crippen LogP contribution in [0.5, 0.6) is 0 Å². The Morgan fingerprint density at radius 2 is 2.00 bits per heavy atom. The first kappa shape index (κ1) is 15.2. The van der Waals surface area contributed by atoms with E-state index in [2.05, 4.69) is 50.4 Å². The number of anilines is 1. The van der Waals surface area contributed by atoms with E-state index in [4.69, 9.17) is 4.74 Å². The summed E-state index contributed by atoms with van der Waals surface area (Å²) >= 11 is 0. The molecule has 0 saturated carbocycles. The molecule has 0 spiro atoms. The zero-order valence-electron chi connectivity index (χ0n) is 13.4. The van der Waals surface area contributed by atoms with Gasteiger partial charge in [-0.1, -0.05) is 18.2 Å². The van der Waals surface area contributed by atoms with Crippen LogP contribution in [0.4, 0.5) is 5.69 Å². The molecule has 0 aliphatic carbocycles. The van der Waals surface area contributed by atoms with Crippen molar-refractivity contribution in [2.75, 3.05) is 51.3 Å². The lowest BCUT2D eigenvalue weighted by Gasteiger charge is -2.37. The predicted molar refractivity (Wildman–Crippen MR) is 90.6 cm³/mol. The average Bonchev–Trinajstić information content (AvgIpc) is 3.10. The number of guanidine groups is 1. The van der Waals surface area contributed by atoms with E-state index in [1.165, 1.54) is 12.1 Å². The van der Waals surface area contributed by atoms with Crippen molar-refractivity contribution in [3.8, 4) is 0 Å². The summed E-state index contributed by atoms with van der Waals surface area (Å²) in [5, 5.41) is 3.47. The highest BCUT2D eigenvalue weighted by Crippen LogP contribution is 2.16. The first-order valence-electron chi connectivity index (χ1n) is 8.24. The fourth-order valence-corrected chi connectivity index (χ4v) is 3.16. The lowest BCUT2D eigenvalue weighted by Crippen LogP contribution is -2.53. The van der Waals surface area contributed by atoms with Gasteiger partial charge in [-0.3, -0.25) is 4.99 Å². The highest BCUT2D eigenvalue weighted by Gasteiger charge is 2.21. The van der Waals surface area contributed by atoms with Crippen molar-refractivity contribution >= 4 is 11.6 Å². The largest absolute Gasteiger partial charge is 0.376 e. The molecule has 5 heteroatoms. The Bertz CT molecular complexity index is 477. The van der Waals surface area contributed by atoms with Crippen molar-refractivity contribution in [3.63, 3.8) is 0 Å². The van der Waals surface area contributed by atoms with Crippen molar-refractivity contribution in [3.05, 3.63) is 30.3 Å². The van der Waals surface area contributed by atoms with Crippen LogP contribution in [-0.2, 0) is 4.74 Å². The van der Waals surface area contributed by atoms with E-state index in [0.29, 0.717) is 6.10 Å². The molecule has 2 saturated heterocycles. The molecule has 1 aromatic carbocycles. The van der Waals surface area contributed by atoms with Gasteiger partial charge in [0.25, 0.3) is 0 Å². The van der Waals surface area contributed by atoms with Crippen molar-refractivity contribution < 1.29 is 4.74 Å². The molecule has 0 radical (unpaired) electrons. The second kappa shape index (κ2) is 7.49. The van der Waals surface area contributed by atoms with E-state index in [1.807, 2.05) is 7.05 Å². The number of ether oxygens (including phenoxy) is 1. The molecule has 0 aromatic heterocycles. The maximum Gasteiger partial charge on any atom is 0.193 e. The minimum atomic E-state index is 0.349. The minimum absolute atomic E-state index is 0.349. The number of piperazine rings is 1. The molecular formula is C17H26N4O. The van der Waals surface area contributed by atoms with E-state index >= 15 is 0 Å². The fourth-order valence-electron chi connectivity index (χ4n) is 3.16. The summed E-state index contributed by atoms with van der Waals surface area (Å²) < 4.78 is 5.67. The Labute approximate surface area is 133 Å². The van der Waals surface area contributed by atoms with Crippen LogP contribution < -0.4 is 10.2 Å². The predicted octanol–water partition coefficient (Wildman–Crippen LogP) is 1.56. The molecule has 2 aliphatic rings. The molecule has 3 rings (SSSR count). The average molecular weight is 302 g/mol. The second-order valence-electron chi connectivity index (χ2n) is 5.87. The lowest BCUT2D eigenvalue weighted by molar-refractivity contribution is 0.113. The van der Waals surface area contributed by atoms with Gasteiger partial charge in [0.05, 0.1) is 6.10 Å². The van der Waals surface area contributed by atoms with Crippen LogP contribution in [-0.4, -0.2) is 63.3 Å². The van der Waals surface area contributed by atoms with Gasteiger partial charge in [-0.05, 0) is 25.0 Å². The van der Waals surface area contributed by atoms with E-state index in [-0.39, 0.29) is 0 Å². The minimum Gasteiger partial charge on any atom is -0.376 e. The highest BCUT2D eigenvalue weighted by atomic mass is 16.5. The summed E-state index contributed by atoms with van der Waals surface area (Å²) in [6.07, 6.45) is 2.69. The molecular weight excluding hydrogens is 276 g/mol. The third-order valence-electron chi connectivity index (χ3n) is 4.42. The highest BCUT2D eigenvalue weighted by molar-refractivity contribution is 5.80. The van der Waals surface area contributed by atoms with E-state index in [0.717, 1.165) is 51.7 Å². The van der Waals surface area contributed by atoms with Gasteiger partial charge in [-0.15, -0.1) is 0 Å². The van der Waals surface area contributed by atoms with Crippen LogP contribution in [0.3, 0.4) is 0 Å². The van der Waals surface area contributed by atoms with E-state index < -0.39 is 0 Å². The summed E-state index contributed by atoms with van der Waals surface area (Å²) in [6.45, 7) is 5.84. The standard InChI is InChI=1S/C17H26N4O/c1-18-17(19-14-16-8-5-13-22-16)21-11-9-20(10-12-21)15-6-3-2-4-7-15/h2-4,6-7,16H,5,8-14H2,1H3,(H,18,19). The summed E-state index contributed by atoms with van der Waals surface area (Å²) in [5.74, 6) is 1.00. The van der Waals surface area contributed by atoms with Crippen LogP contribution in [0.15, 0.2) is 35.3 Å². The summed E-state index contributed by atoms with van der Waals surface area (Å²) in [7, 11) is 1.86. The zero-order valence-corrected chi connectivity index (χ0v) is 13.4. The van der Waals surface area contributed by atoms with Crippen LogP contribution in [0.25, 0.3) is 0 Å². The molecule has 2 aliphatic heterocycles. The number of aliphatic imine (C=N–C) groups is 1. The third kappa shape index (κ3) is 3.71. The Morgan fingerprint density at radius 3 is 2.64 bits per heavy atom.